The third kappa shape index (κ3) is 6.23. The van der Waals surface area contributed by atoms with Crippen LogP contribution in [0, 0.1) is 17.5 Å². The molecule has 0 saturated carbocycles. The summed E-state index contributed by atoms with van der Waals surface area (Å²) in [5, 5.41) is 0. The first-order valence-corrected chi connectivity index (χ1v) is 8.53. The van der Waals surface area contributed by atoms with E-state index in [1.54, 1.807) is 0 Å². The Labute approximate surface area is 161 Å². The van der Waals surface area contributed by atoms with Crippen LogP contribution in [0.25, 0.3) is 0 Å². The molecule has 0 spiro atoms. The summed E-state index contributed by atoms with van der Waals surface area (Å²) in [4.78, 5) is 0. The highest BCUT2D eigenvalue weighted by Crippen LogP contribution is 2.37. The lowest BCUT2D eigenvalue weighted by Crippen LogP contribution is -2.24. The number of alkyl halides is 5. The summed E-state index contributed by atoms with van der Waals surface area (Å²) in [5.41, 5.74) is -0.700. The summed E-state index contributed by atoms with van der Waals surface area (Å²) >= 11 is 0. The zero-order valence-electron chi connectivity index (χ0n) is 15.1. The van der Waals surface area contributed by atoms with Crippen LogP contribution in [0.4, 0.5) is 35.1 Å². The minimum absolute atomic E-state index is 0.0785. The molecule has 0 N–H and O–H groups in total. The lowest BCUT2D eigenvalue weighted by atomic mass is 10.0. The summed E-state index contributed by atoms with van der Waals surface area (Å²) < 4.78 is 114. The van der Waals surface area contributed by atoms with E-state index in [0.29, 0.717) is 12.0 Å². The quantitative estimate of drug-likeness (QED) is 0.338. The molecule has 2 aromatic carbocycles. The second kappa shape index (κ2) is 8.87. The van der Waals surface area contributed by atoms with Crippen molar-refractivity contribution in [2.24, 2.45) is 0 Å². The summed E-state index contributed by atoms with van der Waals surface area (Å²) in [7, 11) is 0. The first kappa shape index (κ1) is 22.8. The Balaban J connectivity index is 2.22. The van der Waals surface area contributed by atoms with Crippen molar-refractivity contribution in [3.63, 3.8) is 0 Å². The van der Waals surface area contributed by atoms with Gasteiger partial charge in [0.25, 0.3) is 0 Å². The van der Waals surface area contributed by atoms with Crippen molar-refractivity contribution in [3.05, 3.63) is 58.9 Å². The molecule has 2 rings (SSSR count). The number of hydrogen-bond acceptors (Lipinski definition) is 2. The summed E-state index contributed by atoms with van der Waals surface area (Å²) in [6.07, 6.45) is -6.70. The highest BCUT2D eigenvalue weighted by atomic mass is 19.4. The van der Waals surface area contributed by atoms with Gasteiger partial charge in [-0.25, -0.2) is 13.2 Å². The van der Waals surface area contributed by atoms with E-state index in [0.717, 1.165) is 31.4 Å². The van der Waals surface area contributed by atoms with Crippen LogP contribution < -0.4 is 9.47 Å². The van der Waals surface area contributed by atoms with Crippen LogP contribution in [0.3, 0.4) is 0 Å². The van der Waals surface area contributed by atoms with E-state index in [1.807, 2.05) is 6.92 Å². The molecular formula is C19H16F8O2. The van der Waals surface area contributed by atoms with Crippen molar-refractivity contribution in [1.29, 1.82) is 0 Å². The fourth-order valence-corrected chi connectivity index (χ4v) is 2.54. The molecule has 0 aromatic heterocycles. The average Bonchev–Trinajstić information content (AvgIpc) is 2.57. The molecule has 0 aliphatic heterocycles. The Morgan fingerprint density at radius 2 is 1.41 bits per heavy atom. The molecule has 2 nitrogen and oxygen atoms in total. The van der Waals surface area contributed by atoms with Gasteiger partial charge in [-0.15, -0.1) is 13.2 Å². The number of unbranched alkanes of at least 4 members (excludes halogenated alkanes) is 2. The molecule has 0 heterocycles. The Bertz CT molecular complexity index is 826. The monoisotopic (exact) mass is 428 g/mol. The number of halogens is 8. The van der Waals surface area contributed by atoms with Gasteiger partial charge in [0.05, 0.1) is 5.56 Å². The van der Waals surface area contributed by atoms with E-state index in [-0.39, 0.29) is 12.1 Å². The number of aryl methyl sites for hydroxylation is 1. The van der Waals surface area contributed by atoms with Gasteiger partial charge >= 0.3 is 12.5 Å². The Morgan fingerprint density at radius 3 is 1.93 bits per heavy atom. The molecule has 0 aliphatic carbocycles. The van der Waals surface area contributed by atoms with E-state index in [9.17, 15) is 35.1 Å². The topological polar surface area (TPSA) is 18.5 Å². The van der Waals surface area contributed by atoms with Crippen LogP contribution >= 0.6 is 0 Å². The van der Waals surface area contributed by atoms with E-state index in [1.165, 1.54) is 6.07 Å². The largest absolute Gasteiger partial charge is 0.573 e. The van der Waals surface area contributed by atoms with Gasteiger partial charge in [0, 0.05) is 12.1 Å². The van der Waals surface area contributed by atoms with Crippen molar-refractivity contribution >= 4 is 0 Å². The Morgan fingerprint density at radius 1 is 0.793 bits per heavy atom. The fraction of sp³-hybridized carbons (Fsp3) is 0.368. The minimum atomic E-state index is -5.39. The maximum atomic E-state index is 14.3. The van der Waals surface area contributed by atoms with Crippen molar-refractivity contribution in [3.8, 4) is 11.5 Å². The highest BCUT2D eigenvalue weighted by molar-refractivity contribution is 5.36. The predicted octanol–water partition coefficient (Wildman–Crippen LogP) is 6.86. The molecule has 0 amide bonds. The van der Waals surface area contributed by atoms with Crippen LogP contribution in [0.5, 0.6) is 11.5 Å². The molecule has 29 heavy (non-hydrogen) atoms. The maximum absolute atomic E-state index is 14.3. The van der Waals surface area contributed by atoms with Gasteiger partial charge in [-0.1, -0.05) is 25.8 Å². The third-order valence-corrected chi connectivity index (χ3v) is 3.85. The highest BCUT2D eigenvalue weighted by Gasteiger charge is 2.39. The van der Waals surface area contributed by atoms with Crippen molar-refractivity contribution in [2.75, 3.05) is 0 Å². The molecule has 2 aromatic rings. The normalized spacial score (nSPS) is 12.2. The molecule has 0 unspecified atom stereocenters. The zero-order chi connectivity index (χ0) is 21.8. The van der Waals surface area contributed by atoms with E-state index < -0.39 is 47.0 Å². The van der Waals surface area contributed by atoms with Gasteiger partial charge in [0.2, 0.25) is 5.75 Å². The predicted molar refractivity (Wildman–Crippen MR) is 87.2 cm³/mol. The molecule has 160 valence electrons. The second-order valence-corrected chi connectivity index (χ2v) is 6.15. The van der Waals surface area contributed by atoms with Crippen molar-refractivity contribution in [1.82, 2.24) is 0 Å². The molecule has 10 heteroatoms. The number of benzene rings is 2. The molecule has 0 saturated heterocycles. The number of rotatable bonds is 8. The van der Waals surface area contributed by atoms with E-state index in [4.69, 9.17) is 0 Å². The van der Waals surface area contributed by atoms with E-state index >= 15 is 0 Å². The lowest BCUT2D eigenvalue weighted by molar-refractivity contribution is -0.276. The summed E-state index contributed by atoms with van der Waals surface area (Å²) in [5.74, 6) is -8.09. The van der Waals surface area contributed by atoms with Crippen molar-refractivity contribution < 1.29 is 44.6 Å². The molecule has 0 radical (unpaired) electrons. The number of ether oxygens (including phenoxy) is 2. The summed E-state index contributed by atoms with van der Waals surface area (Å²) in [6, 6.07) is 3.12. The van der Waals surface area contributed by atoms with Crippen LogP contribution in [0.1, 0.15) is 37.3 Å². The molecular weight excluding hydrogens is 412 g/mol. The molecule has 0 atom stereocenters. The first-order chi connectivity index (χ1) is 13.4. The smallest absolute Gasteiger partial charge is 0.429 e. The average molecular weight is 428 g/mol. The Hall–Kier alpha value is -2.52. The molecule has 0 aliphatic rings. The SMILES string of the molecule is CCCCCc1ccc(C(F)(F)Oc2cc(F)c(OC(F)(F)F)c(F)c2)c(F)c1. The zero-order valence-corrected chi connectivity index (χ0v) is 15.1. The van der Waals surface area contributed by atoms with Gasteiger partial charge in [-0.3, -0.25) is 0 Å². The van der Waals surface area contributed by atoms with Crippen molar-refractivity contribution in [2.45, 2.75) is 45.1 Å². The summed E-state index contributed by atoms with van der Waals surface area (Å²) in [6.45, 7) is 1.97. The van der Waals surface area contributed by atoms with Gasteiger partial charge < -0.3 is 9.47 Å². The van der Waals surface area contributed by atoms with Gasteiger partial charge in [-0.2, -0.15) is 8.78 Å². The fourth-order valence-electron chi connectivity index (χ4n) is 2.54. The maximum Gasteiger partial charge on any atom is 0.573 e. The first-order valence-electron chi connectivity index (χ1n) is 8.53. The van der Waals surface area contributed by atoms with Crippen LogP contribution in [0.2, 0.25) is 0 Å². The van der Waals surface area contributed by atoms with Gasteiger partial charge in [0.1, 0.15) is 11.6 Å². The van der Waals surface area contributed by atoms with Crippen LogP contribution in [0.15, 0.2) is 30.3 Å². The lowest BCUT2D eigenvalue weighted by Gasteiger charge is -2.20. The second-order valence-electron chi connectivity index (χ2n) is 6.15. The van der Waals surface area contributed by atoms with Gasteiger partial charge in [-0.05, 0) is 30.5 Å². The molecule has 0 bridgehead atoms. The standard InChI is InChI=1S/C19H16F8O2/c1-2-3-4-5-11-6-7-13(14(20)8-11)18(23,24)28-12-9-15(21)17(16(22)10-12)29-19(25,26)27/h6-10H,2-5H2,1H3. The third-order valence-electron chi connectivity index (χ3n) is 3.85. The number of hydrogen-bond donors (Lipinski definition) is 0. The molecule has 0 fully saturated rings. The van der Waals surface area contributed by atoms with Crippen LogP contribution in [-0.4, -0.2) is 6.36 Å². The minimum Gasteiger partial charge on any atom is -0.429 e. The Kier molecular flexibility index (Phi) is 6.97. The van der Waals surface area contributed by atoms with Crippen LogP contribution in [-0.2, 0) is 12.5 Å². The van der Waals surface area contributed by atoms with E-state index in [2.05, 4.69) is 9.47 Å². The van der Waals surface area contributed by atoms with Gasteiger partial charge in [0.15, 0.2) is 11.6 Å².